The Labute approximate surface area is 113 Å². The summed E-state index contributed by atoms with van der Waals surface area (Å²) in [7, 11) is 1.71. The molecule has 4 atom stereocenters. The van der Waals surface area contributed by atoms with E-state index in [-0.39, 0.29) is 24.4 Å². The Morgan fingerprint density at radius 1 is 1.26 bits per heavy atom. The fourth-order valence-electron chi connectivity index (χ4n) is 2.76. The van der Waals surface area contributed by atoms with Crippen LogP contribution in [0.1, 0.15) is 12.0 Å². The van der Waals surface area contributed by atoms with E-state index >= 15 is 0 Å². The van der Waals surface area contributed by atoms with Crippen molar-refractivity contribution in [1.29, 1.82) is 0 Å². The van der Waals surface area contributed by atoms with Gasteiger partial charge in [-0.25, -0.2) is 0 Å². The van der Waals surface area contributed by atoms with Gasteiger partial charge in [0.2, 0.25) is 0 Å². The van der Waals surface area contributed by atoms with Crippen molar-refractivity contribution in [1.82, 2.24) is 0 Å². The highest BCUT2D eigenvalue weighted by atomic mass is 16.7. The van der Waals surface area contributed by atoms with Gasteiger partial charge in [-0.15, -0.1) is 0 Å². The van der Waals surface area contributed by atoms with Gasteiger partial charge in [-0.05, 0) is 12.0 Å². The Hall–Kier alpha value is -0.940. The van der Waals surface area contributed by atoms with Crippen LogP contribution in [0.5, 0.6) is 0 Å². The third-order valence-corrected chi connectivity index (χ3v) is 3.76. The molecule has 19 heavy (non-hydrogen) atoms. The number of fused-ring (bicyclic) bond motifs is 2. The number of benzene rings is 1. The minimum absolute atomic E-state index is 0.0711. The van der Waals surface area contributed by atoms with E-state index in [0.717, 1.165) is 6.42 Å². The molecule has 2 fully saturated rings. The van der Waals surface area contributed by atoms with Crippen molar-refractivity contribution >= 4 is 0 Å². The van der Waals surface area contributed by atoms with Gasteiger partial charge in [-0.2, -0.15) is 0 Å². The van der Waals surface area contributed by atoms with Gasteiger partial charge in [0.1, 0.15) is 6.10 Å². The first-order valence-corrected chi connectivity index (χ1v) is 6.78. The molecular formula is C15H20O4. The van der Waals surface area contributed by atoms with Crippen LogP contribution in [0.25, 0.3) is 0 Å². The normalized spacial score (nSPS) is 33.5. The first-order chi connectivity index (χ1) is 9.36. The second-order valence-corrected chi connectivity index (χ2v) is 5.16. The highest BCUT2D eigenvalue weighted by Crippen LogP contribution is 2.34. The Morgan fingerprint density at radius 2 is 2.11 bits per heavy atom. The summed E-state index contributed by atoms with van der Waals surface area (Å²) in [5.41, 5.74) is 1.19. The largest absolute Gasteiger partial charge is 0.384 e. The van der Waals surface area contributed by atoms with Crippen LogP contribution in [0.2, 0.25) is 0 Å². The number of hydrogen-bond acceptors (Lipinski definition) is 4. The van der Waals surface area contributed by atoms with E-state index in [1.165, 1.54) is 5.56 Å². The van der Waals surface area contributed by atoms with Crippen molar-refractivity contribution in [3.05, 3.63) is 35.9 Å². The average Bonchev–Trinajstić information content (AvgIpc) is 2.87. The topological polar surface area (TPSA) is 36.9 Å². The van der Waals surface area contributed by atoms with E-state index in [2.05, 4.69) is 12.1 Å². The summed E-state index contributed by atoms with van der Waals surface area (Å²) in [6, 6.07) is 10.2. The van der Waals surface area contributed by atoms with E-state index in [0.29, 0.717) is 19.8 Å². The average molecular weight is 264 g/mol. The SMILES string of the molecule is COC[C@@H]1C[C@H](OCc2ccccc2)[C@H]2CO[C@@H]1O2. The van der Waals surface area contributed by atoms with Gasteiger partial charge >= 0.3 is 0 Å². The molecular weight excluding hydrogens is 244 g/mol. The Morgan fingerprint density at radius 3 is 2.89 bits per heavy atom. The third-order valence-electron chi connectivity index (χ3n) is 3.76. The van der Waals surface area contributed by atoms with Crippen LogP contribution in [0, 0.1) is 5.92 Å². The van der Waals surface area contributed by atoms with Crippen molar-refractivity contribution < 1.29 is 18.9 Å². The van der Waals surface area contributed by atoms with Crippen molar-refractivity contribution in [2.75, 3.05) is 20.3 Å². The minimum Gasteiger partial charge on any atom is -0.384 e. The van der Waals surface area contributed by atoms with E-state index in [9.17, 15) is 0 Å². The van der Waals surface area contributed by atoms with Crippen molar-refractivity contribution in [3.8, 4) is 0 Å². The third kappa shape index (κ3) is 2.98. The van der Waals surface area contributed by atoms with Gasteiger partial charge in [-0.1, -0.05) is 30.3 Å². The summed E-state index contributed by atoms with van der Waals surface area (Å²) in [5.74, 6) is 0.268. The van der Waals surface area contributed by atoms with Crippen LogP contribution in [0.4, 0.5) is 0 Å². The van der Waals surface area contributed by atoms with Crippen molar-refractivity contribution in [2.45, 2.75) is 31.5 Å². The Bertz CT molecular complexity index is 394. The fourth-order valence-corrected chi connectivity index (χ4v) is 2.76. The molecule has 0 radical (unpaired) electrons. The zero-order chi connectivity index (χ0) is 13.1. The first-order valence-electron chi connectivity index (χ1n) is 6.78. The molecule has 4 nitrogen and oxygen atoms in total. The molecule has 4 heteroatoms. The number of methoxy groups -OCH3 is 1. The van der Waals surface area contributed by atoms with Crippen LogP contribution in [-0.4, -0.2) is 38.8 Å². The van der Waals surface area contributed by atoms with Gasteiger partial charge < -0.3 is 18.9 Å². The summed E-state index contributed by atoms with van der Waals surface area (Å²) in [6.45, 7) is 1.91. The van der Waals surface area contributed by atoms with Crippen LogP contribution < -0.4 is 0 Å². The van der Waals surface area contributed by atoms with Gasteiger partial charge in [-0.3, -0.25) is 0 Å². The summed E-state index contributed by atoms with van der Waals surface area (Å²) in [5, 5.41) is 0. The second-order valence-electron chi connectivity index (χ2n) is 5.16. The van der Waals surface area contributed by atoms with Gasteiger partial charge in [0, 0.05) is 13.0 Å². The smallest absolute Gasteiger partial charge is 0.163 e. The molecule has 104 valence electrons. The molecule has 0 spiro atoms. The van der Waals surface area contributed by atoms with E-state index in [4.69, 9.17) is 18.9 Å². The molecule has 3 rings (SSSR count). The lowest BCUT2D eigenvalue weighted by Gasteiger charge is -2.33. The lowest BCUT2D eigenvalue weighted by atomic mass is 9.96. The number of hydrogen-bond donors (Lipinski definition) is 0. The van der Waals surface area contributed by atoms with E-state index in [1.54, 1.807) is 7.11 Å². The molecule has 0 saturated carbocycles. The van der Waals surface area contributed by atoms with Crippen molar-refractivity contribution in [3.63, 3.8) is 0 Å². The summed E-state index contributed by atoms with van der Waals surface area (Å²) in [4.78, 5) is 0. The molecule has 2 saturated heterocycles. The maximum absolute atomic E-state index is 6.02. The predicted molar refractivity (Wildman–Crippen MR) is 69.6 cm³/mol. The first kappa shape index (κ1) is 13.1. The second kappa shape index (κ2) is 6.01. The minimum atomic E-state index is -0.110. The zero-order valence-corrected chi connectivity index (χ0v) is 11.2. The molecule has 1 aromatic rings. The lowest BCUT2D eigenvalue weighted by molar-refractivity contribution is -0.178. The molecule has 0 N–H and O–H groups in total. The maximum Gasteiger partial charge on any atom is 0.163 e. The predicted octanol–water partition coefficient (Wildman–Crippen LogP) is 1.98. The molecule has 2 aliphatic rings. The van der Waals surface area contributed by atoms with Gasteiger partial charge in [0.15, 0.2) is 6.29 Å². The van der Waals surface area contributed by atoms with Crippen LogP contribution >= 0.6 is 0 Å². The lowest BCUT2D eigenvalue weighted by Crippen LogP contribution is -2.41. The van der Waals surface area contributed by atoms with Crippen molar-refractivity contribution in [2.24, 2.45) is 5.92 Å². The van der Waals surface area contributed by atoms with Gasteiger partial charge in [0.05, 0.1) is 25.9 Å². The molecule has 2 heterocycles. The molecule has 2 bridgehead atoms. The maximum atomic E-state index is 6.02. The summed E-state index contributed by atoms with van der Waals surface area (Å²) in [6.07, 6.45) is 0.998. The molecule has 1 aromatic carbocycles. The summed E-state index contributed by atoms with van der Waals surface area (Å²) >= 11 is 0. The zero-order valence-electron chi connectivity index (χ0n) is 11.2. The standard InChI is InChI=1S/C15H20O4/c1-16-9-12-7-13(14-10-18-15(12)19-14)17-8-11-5-3-2-4-6-11/h2-6,12-15H,7-10H2,1H3/t12-,13-,14+,15+/m0/s1. The highest BCUT2D eigenvalue weighted by Gasteiger charge is 2.44. The summed E-state index contributed by atoms with van der Waals surface area (Å²) < 4.78 is 22.7. The number of ether oxygens (including phenoxy) is 4. The van der Waals surface area contributed by atoms with Gasteiger partial charge in [0.25, 0.3) is 0 Å². The molecule has 0 unspecified atom stereocenters. The molecule has 0 amide bonds. The monoisotopic (exact) mass is 264 g/mol. The molecule has 0 aromatic heterocycles. The number of rotatable bonds is 5. The van der Waals surface area contributed by atoms with Crippen LogP contribution in [0.3, 0.4) is 0 Å². The highest BCUT2D eigenvalue weighted by molar-refractivity contribution is 5.13. The molecule has 2 aliphatic heterocycles. The van der Waals surface area contributed by atoms with Crippen LogP contribution in [0.15, 0.2) is 30.3 Å². The Kier molecular flexibility index (Phi) is 4.13. The Balaban J connectivity index is 1.58. The van der Waals surface area contributed by atoms with E-state index < -0.39 is 0 Å². The van der Waals surface area contributed by atoms with E-state index in [1.807, 2.05) is 18.2 Å². The molecule has 0 aliphatic carbocycles. The fraction of sp³-hybridized carbons (Fsp3) is 0.600. The van der Waals surface area contributed by atoms with Crippen LogP contribution in [-0.2, 0) is 25.6 Å². The quantitative estimate of drug-likeness (QED) is 0.815.